The van der Waals surface area contributed by atoms with Crippen LogP contribution in [0, 0.1) is 11.8 Å². The number of fused-ring (bicyclic) bond motifs is 1. The maximum Gasteiger partial charge on any atom is 0.411 e. The Morgan fingerprint density at radius 3 is 2.69 bits per heavy atom. The summed E-state index contributed by atoms with van der Waals surface area (Å²) in [6.45, 7) is 4.20. The van der Waals surface area contributed by atoms with Crippen LogP contribution in [-0.4, -0.2) is 36.6 Å². The lowest BCUT2D eigenvalue weighted by Gasteiger charge is -2.41. The number of likely N-dealkylation sites (tertiary alicyclic amines) is 1. The smallest absolute Gasteiger partial charge is 0.411 e. The largest absolute Gasteiger partial charge is 0.449 e. The van der Waals surface area contributed by atoms with Gasteiger partial charge in [-0.25, -0.2) is 4.79 Å². The lowest BCUT2D eigenvalue weighted by molar-refractivity contribution is 0.0521. The monoisotopic (exact) mass is 420 g/mol. The number of anilines is 1. The van der Waals surface area contributed by atoms with Gasteiger partial charge in [0, 0.05) is 18.8 Å². The van der Waals surface area contributed by atoms with Crippen LogP contribution >= 0.6 is 11.6 Å². The molecule has 2 fully saturated rings. The zero-order valence-corrected chi connectivity index (χ0v) is 18.2. The molecule has 2 aliphatic rings. The highest BCUT2D eigenvalue weighted by molar-refractivity contribution is 6.34. The van der Waals surface area contributed by atoms with Crippen molar-refractivity contribution in [1.29, 1.82) is 0 Å². The number of ether oxygens (including phenoxy) is 1. The van der Waals surface area contributed by atoms with Crippen LogP contribution in [-0.2, 0) is 4.74 Å². The zero-order chi connectivity index (χ0) is 20.6. The van der Waals surface area contributed by atoms with Gasteiger partial charge >= 0.3 is 6.09 Å². The van der Waals surface area contributed by atoms with E-state index in [4.69, 9.17) is 16.3 Å². The molecule has 6 heteroatoms. The van der Waals surface area contributed by atoms with Gasteiger partial charge in [0.2, 0.25) is 0 Å². The van der Waals surface area contributed by atoms with Crippen molar-refractivity contribution in [2.24, 2.45) is 11.8 Å². The number of benzene rings is 1. The van der Waals surface area contributed by atoms with Gasteiger partial charge < -0.3 is 9.64 Å². The topological polar surface area (TPSA) is 58.6 Å². The van der Waals surface area contributed by atoms with E-state index in [1.807, 2.05) is 4.90 Å². The molecule has 0 bridgehead atoms. The first-order valence-electron chi connectivity index (χ1n) is 11.1. The van der Waals surface area contributed by atoms with Gasteiger partial charge in [0.25, 0.3) is 5.91 Å². The molecule has 0 unspecified atom stereocenters. The molecule has 2 atom stereocenters. The minimum absolute atomic E-state index is 0.0101. The number of carbonyl (C=O) groups excluding carboxylic acids is 2. The van der Waals surface area contributed by atoms with Gasteiger partial charge in [0.1, 0.15) is 0 Å². The number of piperidine rings is 1. The fraction of sp³-hybridized carbons (Fsp3) is 0.652. The van der Waals surface area contributed by atoms with Gasteiger partial charge in [0.15, 0.2) is 0 Å². The first-order valence-corrected chi connectivity index (χ1v) is 11.5. The number of rotatable bonds is 7. The number of halogens is 1. The van der Waals surface area contributed by atoms with Gasteiger partial charge in [-0.15, -0.1) is 0 Å². The second-order valence-electron chi connectivity index (χ2n) is 8.36. The number of carbonyl (C=O) groups is 2. The molecule has 1 aliphatic carbocycles. The molecule has 1 saturated heterocycles. The molecule has 0 radical (unpaired) electrons. The lowest BCUT2D eigenvalue weighted by atomic mass is 9.75. The number of hydrogen-bond donors (Lipinski definition) is 1. The summed E-state index contributed by atoms with van der Waals surface area (Å²) in [4.78, 5) is 26.8. The Morgan fingerprint density at radius 1 is 1.14 bits per heavy atom. The van der Waals surface area contributed by atoms with Crippen molar-refractivity contribution < 1.29 is 14.3 Å². The van der Waals surface area contributed by atoms with Crippen LogP contribution in [0.5, 0.6) is 0 Å². The summed E-state index contributed by atoms with van der Waals surface area (Å²) >= 11 is 6.39. The summed E-state index contributed by atoms with van der Waals surface area (Å²) in [5.74, 6) is 1.40. The highest BCUT2D eigenvalue weighted by atomic mass is 35.5. The molecule has 5 nitrogen and oxygen atoms in total. The van der Waals surface area contributed by atoms with Crippen molar-refractivity contribution in [3.8, 4) is 0 Å². The molecule has 1 saturated carbocycles. The summed E-state index contributed by atoms with van der Waals surface area (Å²) in [6, 6.07) is 5.04. The molecule has 2 amide bonds. The maximum atomic E-state index is 13.0. The van der Waals surface area contributed by atoms with Crippen LogP contribution < -0.4 is 5.32 Å². The van der Waals surface area contributed by atoms with Crippen molar-refractivity contribution in [3.63, 3.8) is 0 Å². The summed E-state index contributed by atoms with van der Waals surface area (Å²) in [6.07, 6.45) is 9.97. The standard InChI is InChI=1S/C23H33ClN2O3/c1-2-3-4-7-14-29-23(28)25-19-10-11-20(21(24)15-19)22(27)26-13-12-17-8-5-6-9-18(17)16-26/h10-11,15,17-18H,2-9,12-14,16H2,1H3,(H,25,28)/t17-,18+/m1/s1. The average Bonchev–Trinajstić information content (AvgIpc) is 2.73. The number of amides is 2. The molecule has 0 spiro atoms. The Kier molecular flexibility index (Phi) is 8.22. The van der Waals surface area contributed by atoms with Crippen LogP contribution in [0.15, 0.2) is 18.2 Å². The van der Waals surface area contributed by atoms with E-state index in [9.17, 15) is 9.59 Å². The summed E-state index contributed by atoms with van der Waals surface area (Å²) < 4.78 is 5.19. The van der Waals surface area contributed by atoms with Crippen LogP contribution in [0.25, 0.3) is 0 Å². The highest BCUT2D eigenvalue weighted by Crippen LogP contribution is 2.36. The van der Waals surface area contributed by atoms with E-state index in [0.717, 1.165) is 51.1 Å². The molecule has 1 heterocycles. The molecule has 1 N–H and O–H groups in total. The average molecular weight is 421 g/mol. The maximum absolute atomic E-state index is 13.0. The van der Waals surface area contributed by atoms with E-state index >= 15 is 0 Å². The van der Waals surface area contributed by atoms with Crippen molar-refractivity contribution in [2.75, 3.05) is 25.0 Å². The van der Waals surface area contributed by atoms with E-state index in [1.165, 1.54) is 25.7 Å². The fourth-order valence-corrected chi connectivity index (χ4v) is 4.83. The predicted molar refractivity (Wildman–Crippen MR) is 117 cm³/mol. The van der Waals surface area contributed by atoms with E-state index < -0.39 is 6.09 Å². The van der Waals surface area contributed by atoms with Crippen molar-refractivity contribution in [2.45, 2.75) is 64.7 Å². The van der Waals surface area contributed by atoms with E-state index in [1.54, 1.807) is 18.2 Å². The molecule has 1 aliphatic heterocycles. The van der Waals surface area contributed by atoms with Crippen molar-refractivity contribution in [1.82, 2.24) is 4.90 Å². The Hall–Kier alpha value is -1.75. The quantitative estimate of drug-likeness (QED) is 0.540. The number of nitrogens with zero attached hydrogens (tertiary/aromatic N) is 1. The Bertz CT molecular complexity index is 709. The molecule has 160 valence electrons. The van der Waals surface area contributed by atoms with Gasteiger partial charge in [-0.2, -0.15) is 0 Å². The van der Waals surface area contributed by atoms with Gasteiger partial charge in [-0.05, 0) is 49.3 Å². The first-order chi connectivity index (χ1) is 14.1. The molecule has 0 aromatic heterocycles. The van der Waals surface area contributed by atoms with Crippen molar-refractivity contribution >= 4 is 29.3 Å². The van der Waals surface area contributed by atoms with E-state index in [2.05, 4.69) is 12.2 Å². The summed E-state index contributed by atoms with van der Waals surface area (Å²) in [7, 11) is 0. The molecular weight excluding hydrogens is 388 g/mol. The van der Waals surface area contributed by atoms with E-state index in [-0.39, 0.29) is 5.91 Å². The van der Waals surface area contributed by atoms with Gasteiger partial charge in [0.05, 0.1) is 17.2 Å². The minimum atomic E-state index is -0.490. The van der Waals surface area contributed by atoms with Crippen molar-refractivity contribution in [3.05, 3.63) is 28.8 Å². The number of nitrogens with one attached hydrogen (secondary N) is 1. The molecule has 1 aromatic carbocycles. The van der Waals surface area contributed by atoms with Crippen LogP contribution in [0.2, 0.25) is 5.02 Å². The number of unbranched alkanes of at least 4 members (excludes halogenated alkanes) is 3. The highest BCUT2D eigenvalue weighted by Gasteiger charge is 2.33. The molecule has 1 aromatic rings. The van der Waals surface area contributed by atoms with Gasteiger partial charge in [-0.3, -0.25) is 10.1 Å². The second kappa shape index (κ2) is 10.9. The summed E-state index contributed by atoms with van der Waals surface area (Å²) in [5, 5.41) is 3.05. The SMILES string of the molecule is CCCCCCOC(=O)Nc1ccc(C(=O)N2CC[C@H]3CCCC[C@H]3C2)c(Cl)c1. The number of hydrogen-bond acceptors (Lipinski definition) is 3. The Morgan fingerprint density at radius 2 is 1.93 bits per heavy atom. The third-order valence-electron chi connectivity index (χ3n) is 6.26. The van der Waals surface area contributed by atoms with Gasteiger partial charge in [-0.1, -0.05) is 57.0 Å². The predicted octanol–water partition coefficient (Wildman–Crippen LogP) is 6.12. The minimum Gasteiger partial charge on any atom is -0.449 e. The second-order valence-corrected chi connectivity index (χ2v) is 8.77. The fourth-order valence-electron chi connectivity index (χ4n) is 4.57. The lowest BCUT2D eigenvalue weighted by Crippen LogP contribution is -2.44. The Labute approximate surface area is 179 Å². The van der Waals surface area contributed by atoms with Crippen LogP contribution in [0.1, 0.15) is 75.1 Å². The van der Waals surface area contributed by atoms with E-state index in [0.29, 0.717) is 28.8 Å². The van der Waals surface area contributed by atoms with Crippen LogP contribution in [0.4, 0.5) is 10.5 Å². The first kappa shape index (κ1) is 21.9. The zero-order valence-electron chi connectivity index (χ0n) is 17.4. The molecular formula is C23H33ClN2O3. The molecule has 3 rings (SSSR count). The Balaban J connectivity index is 1.52. The molecule has 29 heavy (non-hydrogen) atoms. The summed E-state index contributed by atoms with van der Waals surface area (Å²) in [5.41, 5.74) is 1.04. The third kappa shape index (κ3) is 6.11. The third-order valence-corrected chi connectivity index (χ3v) is 6.57. The van der Waals surface area contributed by atoms with Crippen LogP contribution in [0.3, 0.4) is 0 Å². The normalized spacial score (nSPS) is 21.4.